The van der Waals surface area contributed by atoms with Crippen LogP contribution >= 0.6 is 11.8 Å². The Morgan fingerprint density at radius 3 is 2.46 bits per heavy atom. The van der Waals surface area contributed by atoms with E-state index in [1.807, 2.05) is 30.5 Å². The smallest absolute Gasteiger partial charge is 0.241 e. The number of carbonyl (C=O) groups is 1. The number of nitrogens with two attached hydrogens (primary N) is 1. The molecule has 1 amide bonds. The first-order valence-electron chi connectivity index (χ1n) is 3.84. The van der Waals surface area contributed by atoms with Crippen molar-refractivity contribution in [1.29, 1.82) is 0 Å². The van der Waals surface area contributed by atoms with Crippen molar-refractivity contribution in [3.05, 3.63) is 35.9 Å². The monoisotopic (exact) mass is 193 g/mol. The first-order valence-corrected chi connectivity index (χ1v) is 5.06. The number of primary amides is 1. The van der Waals surface area contributed by atoms with Crippen molar-refractivity contribution in [2.45, 2.75) is 4.90 Å². The lowest BCUT2D eigenvalue weighted by atomic mass is 10.2. The average Bonchev–Trinajstić information content (AvgIpc) is 2.15. The van der Waals surface area contributed by atoms with Crippen LogP contribution in [-0.2, 0) is 4.79 Å². The summed E-state index contributed by atoms with van der Waals surface area (Å²) in [7, 11) is 0. The van der Waals surface area contributed by atoms with E-state index in [0.29, 0.717) is 0 Å². The highest BCUT2D eigenvalue weighted by Crippen LogP contribution is 2.15. The topological polar surface area (TPSA) is 43.1 Å². The first-order chi connectivity index (χ1) is 6.22. The van der Waals surface area contributed by atoms with Gasteiger partial charge in [0, 0.05) is 11.0 Å². The zero-order valence-electron chi connectivity index (χ0n) is 7.36. The van der Waals surface area contributed by atoms with Crippen LogP contribution in [0.25, 0.3) is 6.08 Å². The summed E-state index contributed by atoms with van der Waals surface area (Å²) in [6, 6.07) is 7.91. The number of benzene rings is 1. The zero-order valence-corrected chi connectivity index (χ0v) is 8.17. The van der Waals surface area contributed by atoms with Gasteiger partial charge in [-0.2, -0.15) is 0 Å². The number of carbonyl (C=O) groups excluding carboxylic acids is 1. The summed E-state index contributed by atoms with van der Waals surface area (Å²) in [4.78, 5) is 11.6. The lowest BCUT2D eigenvalue weighted by molar-refractivity contribution is -0.113. The van der Waals surface area contributed by atoms with Gasteiger partial charge in [0.25, 0.3) is 0 Å². The molecule has 68 valence electrons. The predicted molar refractivity (Wildman–Crippen MR) is 56.5 cm³/mol. The molecule has 1 aromatic rings. The molecule has 1 rings (SSSR count). The lowest BCUT2D eigenvalue weighted by Gasteiger charge is -1.95. The molecule has 0 radical (unpaired) electrons. The van der Waals surface area contributed by atoms with Crippen molar-refractivity contribution in [1.82, 2.24) is 0 Å². The van der Waals surface area contributed by atoms with Gasteiger partial charge in [-0.15, -0.1) is 11.8 Å². The molecule has 0 saturated heterocycles. The summed E-state index contributed by atoms with van der Waals surface area (Å²) in [6.45, 7) is 0. The zero-order chi connectivity index (χ0) is 9.68. The molecule has 0 atom stereocenters. The molecule has 2 N–H and O–H groups in total. The van der Waals surface area contributed by atoms with Gasteiger partial charge in [0.15, 0.2) is 0 Å². The van der Waals surface area contributed by atoms with Crippen LogP contribution in [0, 0.1) is 0 Å². The SMILES string of the molecule is CSc1ccc(/C=C/C(N)=O)cc1. The summed E-state index contributed by atoms with van der Waals surface area (Å²) < 4.78 is 0. The van der Waals surface area contributed by atoms with Crippen molar-refractivity contribution >= 4 is 23.7 Å². The van der Waals surface area contributed by atoms with E-state index >= 15 is 0 Å². The first kappa shape index (κ1) is 9.86. The Kier molecular flexibility index (Phi) is 3.58. The highest BCUT2D eigenvalue weighted by molar-refractivity contribution is 7.98. The van der Waals surface area contributed by atoms with E-state index in [1.165, 1.54) is 11.0 Å². The van der Waals surface area contributed by atoms with Crippen LogP contribution < -0.4 is 5.73 Å². The van der Waals surface area contributed by atoms with E-state index in [4.69, 9.17) is 5.73 Å². The van der Waals surface area contributed by atoms with Crippen molar-refractivity contribution in [3.8, 4) is 0 Å². The minimum Gasteiger partial charge on any atom is -0.366 e. The summed E-state index contributed by atoms with van der Waals surface area (Å²) in [5.41, 5.74) is 5.95. The lowest BCUT2D eigenvalue weighted by Crippen LogP contribution is -2.04. The maximum atomic E-state index is 10.4. The van der Waals surface area contributed by atoms with Crippen molar-refractivity contribution in [2.24, 2.45) is 5.73 Å². The van der Waals surface area contributed by atoms with Crippen LogP contribution in [0.15, 0.2) is 35.2 Å². The largest absolute Gasteiger partial charge is 0.366 e. The van der Waals surface area contributed by atoms with Crippen LogP contribution in [0.4, 0.5) is 0 Å². The van der Waals surface area contributed by atoms with Crippen LogP contribution in [0.1, 0.15) is 5.56 Å². The van der Waals surface area contributed by atoms with E-state index in [1.54, 1.807) is 17.8 Å². The molecule has 0 fully saturated rings. The summed E-state index contributed by atoms with van der Waals surface area (Å²) in [6.07, 6.45) is 5.08. The molecular weight excluding hydrogens is 182 g/mol. The van der Waals surface area contributed by atoms with Gasteiger partial charge in [-0.3, -0.25) is 4.79 Å². The molecular formula is C10H11NOS. The number of thioether (sulfide) groups is 1. The van der Waals surface area contributed by atoms with Gasteiger partial charge in [-0.1, -0.05) is 12.1 Å². The quantitative estimate of drug-likeness (QED) is 0.588. The van der Waals surface area contributed by atoms with Gasteiger partial charge in [-0.05, 0) is 30.0 Å². The third kappa shape index (κ3) is 3.34. The molecule has 0 aromatic heterocycles. The predicted octanol–water partition coefficient (Wildman–Crippen LogP) is 1.91. The van der Waals surface area contributed by atoms with E-state index < -0.39 is 5.91 Å². The molecule has 1 aromatic carbocycles. The standard InChI is InChI=1S/C10H11NOS/c1-13-9-5-2-8(3-6-9)4-7-10(11)12/h2-7H,1H3,(H2,11,12)/b7-4+. The summed E-state index contributed by atoms with van der Waals surface area (Å²) >= 11 is 1.69. The van der Waals surface area contributed by atoms with E-state index in [9.17, 15) is 4.79 Å². The molecule has 0 bridgehead atoms. The second kappa shape index (κ2) is 4.72. The minimum atomic E-state index is -0.422. The second-order valence-electron chi connectivity index (χ2n) is 2.51. The molecule has 3 heteroatoms. The van der Waals surface area contributed by atoms with Gasteiger partial charge < -0.3 is 5.73 Å². The van der Waals surface area contributed by atoms with Gasteiger partial charge in [0.2, 0.25) is 5.91 Å². The Balaban J connectivity index is 2.75. The third-order valence-corrected chi connectivity index (χ3v) is 2.30. The number of hydrogen-bond acceptors (Lipinski definition) is 2. The highest BCUT2D eigenvalue weighted by Gasteiger charge is 1.89. The van der Waals surface area contributed by atoms with Gasteiger partial charge in [0.05, 0.1) is 0 Å². The maximum absolute atomic E-state index is 10.4. The Bertz CT molecular complexity index is 316. The van der Waals surface area contributed by atoms with Gasteiger partial charge >= 0.3 is 0 Å². The minimum absolute atomic E-state index is 0.422. The number of amides is 1. The molecule has 0 aliphatic heterocycles. The van der Waals surface area contributed by atoms with E-state index in [-0.39, 0.29) is 0 Å². The van der Waals surface area contributed by atoms with E-state index in [0.717, 1.165) is 5.56 Å². The molecule has 0 aliphatic rings. The number of hydrogen-bond donors (Lipinski definition) is 1. The molecule has 13 heavy (non-hydrogen) atoms. The average molecular weight is 193 g/mol. The fourth-order valence-electron chi connectivity index (χ4n) is 0.893. The van der Waals surface area contributed by atoms with Gasteiger partial charge in [-0.25, -0.2) is 0 Å². The summed E-state index contributed by atoms with van der Waals surface area (Å²) in [5, 5.41) is 0. The fourth-order valence-corrected chi connectivity index (χ4v) is 1.30. The van der Waals surface area contributed by atoms with Crippen molar-refractivity contribution in [3.63, 3.8) is 0 Å². The molecule has 0 aliphatic carbocycles. The van der Waals surface area contributed by atoms with Crippen molar-refractivity contribution < 1.29 is 4.79 Å². The van der Waals surface area contributed by atoms with E-state index in [2.05, 4.69) is 0 Å². The number of rotatable bonds is 3. The molecule has 0 heterocycles. The molecule has 0 saturated carbocycles. The van der Waals surface area contributed by atoms with Crippen molar-refractivity contribution in [2.75, 3.05) is 6.26 Å². The van der Waals surface area contributed by atoms with Crippen LogP contribution in [-0.4, -0.2) is 12.2 Å². The fraction of sp³-hybridized carbons (Fsp3) is 0.100. The normalized spacial score (nSPS) is 10.5. The third-order valence-electron chi connectivity index (χ3n) is 1.56. The molecule has 2 nitrogen and oxygen atoms in total. The second-order valence-corrected chi connectivity index (χ2v) is 3.39. The maximum Gasteiger partial charge on any atom is 0.241 e. The molecule has 0 unspecified atom stereocenters. The van der Waals surface area contributed by atoms with Crippen LogP contribution in [0.5, 0.6) is 0 Å². The molecule has 0 spiro atoms. The van der Waals surface area contributed by atoms with Crippen LogP contribution in [0.3, 0.4) is 0 Å². The Morgan fingerprint density at radius 2 is 2.00 bits per heavy atom. The van der Waals surface area contributed by atoms with Gasteiger partial charge in [0.1, 0.15) is 0 Å². The summed E-state index contributed by atoms with van der Waals surface area (Å²) in [5.74, 6) is -0.422. The van der Waals surface area contributed by atoms with Crippen LogP contribution in [0.2, 0.25) is 0 Å². The Labute approximate surface area is 81.8 Å². The Hall–Kier alpha value is -1.22. The Morgan fingerprint density at radius 1 is 1.38 bits per heavy atom. The highest BCUT2D eigenvalue weighted by atomic mass is 32.2.